The zero-order valence-corrected chi connectivity index (χ0v) is 11.2. The maximum atomic E-state index is 10.9. The Bertz CT molecular complexity index is 424. The fourth-order valence-corrected chi connectivity index (χ4v) is 3.66. The molecule has 0 radical (unpaired) electrons. The lowest BCUT2D eigenvalue weighted by Crippen LogP contribution is -2.41. The lowest BCUT2D eigenvalue weighted by Gasteiger charge is -2.36. The first kappa shape index (κ1) is 11.8. The summed E-state index contributed by atoms with van der Waals surface area (Å²) in [5.41, 5.74) is 1.01. The minimum absolute atomic E-state index is 0.0529. The molecule has 0 fully saturated rings. The van der Waals surface area contributed by atoms with Gasteiger partial charge in [-0.25, -0.2) is 0 Å². The number of nitrogens with zero attached hydrogens (tertiary/aromatic N) is 1. The Hall–Kier alpha value is -0.680. The summed E-state index contributed by atoms with van der Waals surface area (Å²) in [6.07, 6.45) is 0. The molecule has 1 aromatic carbocycles. The first-order valence-electron chi connectivity index (χ1n) is 4.99. The summed E-state index contributed by atoms with van der Waals surface area (Å²) < 4.78 is 0.963. The van der Waals surface area contributed by atoms with E-state index in [9.17, 15) is 4.79 Å². The summed E-state index contributed by atoms with van der Waals surface area (Å²) in [5, 5.41) is 8.94. The van der Waals surface area contributed by atoms with Gasteiger partial charge in [0.2, 0.25) is 0 Å². The average Bonchev–Trinajstić information content (AvgIpc) is 2.22. The fourth-order valence-electron chi connectivity index (χ4n) is 1.79. The molecule has 0 spiro atoms. The van der Waals surface area contributed by atoms with Crippen molar-refractivity contribution in [2.45, 2.75) is 17.9 Å². The third-order valence-corrected chi connectivity index (χ3v) is 4.48. The molecule has 0 aliphatic carbocycles. The van der Waals surface area contributed by atoms with E-state index >= 15 is 0 Å². The Balaban J connectivity index is 2.42. The standard InChI is InChI=1S/C11H12BrNO2S/c1-7-6-16-9-4-2-3-8(12)11(9)13(7)5-10(14)15/h2-4,7H,5-6H2,1H3,(H,14,15). The number of benzene rings is 1. The molecule has 1 aromatic rings. The Morgan fingerprint density at radius 1 is 1.69 bits per heavy atom. The molecule has 0 bridgehead atoms. The normalized spacial score (nSPS) is 19.4. The first-order valence-corrected chi connectivity index (χ1v) is 6.77. The third-order valence-electron chi connectivity index (χ3n) is 2.55. The number of aliphatic carboxylic acids is 1. The Labute approximate surface area is 107 Å². The van der Waals surface area contributed by atoms with Crippen LogP contribution in [0, 0.1) is 0 Å². The highest BCUT2D eigenvalue weighted by Crippen LogP contribution is 2.41. The predicted octanol–water partition coefficient (Wildman–Crippen LogP) is 2.83. The molecule has 5 heteroatoms. The van der Waals surface area contributed by atoms with Crippen LogP contribution in [0.25, 0.3) is 0 Å². The number of rotatable bonds is 2. The molecule has 1 aliphatic heterocycles. The topological polar surface area (TPSA) is 40.5 Å². The summed E-state index contributed by atoms with van der Waals surface area (Å²) in [7, 11) is 0. The van der Waals surface area contributed by atoms with Crippen LogP contribution in [0.5, 0.6) is 0 Å². The van der Waals surface area contributed by atoms with Crippen molar-refractivity contribution < 1.29 is 9.90 Å². The van der Waals surface area contributed by atoms with Crippen molar-refractivity contribution in [3.63, 3.8) is 0 Å². The van der Waals surface area contributed by atoms with Gasteiger partial charge in [-0.3, -0.25) is 4.79 Å². The number of carbonyl (C=O) groups is 1. The second-order valence-electron chi connectivity index (χ2n) is 3.77. The Kier molecular flexibility index (Phi) is 3.44. The van der Waals surface area contributed by atoms with Gasteiger partial charge in [0.1, 0.15) is 6.54 Å². The van der Waals surface area contributed by atoms with Gasteiger partial charge in [0, 0.05) is 21.2 Å². The average molecular weight is 302 g/mol. The van der Waals surface area contributed by atoms with Crippen LogP contribution >= 0.6 is 27.7 Å². The molecular formula is C11H12BrNO2S. The summed E-state index contributed by atoms with van der Waals surface area (Å²) in [4.78, 5) is 14.0. The monoisotopic (exact) mass is 301 g/mol. The number of fused-ring (bicyclic) bond motifs is 1. The van der Waals surface area contributed by atoms with Gasteiger partial charge in [0.15, 0.2) is 0 Å². The van der Waals surface area contributed by atoms with Gasteiger partial charge in [-0.2, -0.15) is 0 Å². The predicted molar refractivity (Wildman–Crippen MR) is 69.3 cm³/mol. The SMILES string of the molecule is CC1CSc2cccc(Br)c2N1CC(=O)O. The summed E-state index contributed by atoms with van der Waals surface area (Å²) in [5.74, 6) is 0.136. The molecule has 0 amide bonds. The maximum Gasteiger partial charge on any atom is 0.323 e. The Morgan fingerprint density at radius 3 is 3.12 bits per heavy atom. The maximum absolute atomic E-state index is 10.9. The smallest absolute Gasteiger partial charge is 0.323 e. The number of para-hydroxylation sites is 1. The summed E-state index contributed by atoms with van der Waals surface area (Å²) >= 11 is 5.27. The van der Waals surface area contributed by atoms with Crippen LogP contribution in [0.3, 0.4) is 0 Å². The van der Waals surface area contributed by atoms with E-state index in [1.54, 1.807) is 11.8 Å². The minimum Gasteiger partial charge on any atom is -0.480 e. The van der Waals surface area contributed by atoms with Crippen LogP contribution in [0.1, 0.15) is 6.92 Å². The molecule has 1 atom stereocenters. The number of thioether (sulfide) groups is 1. The molecular weight excluding hydrogens is 290 g/mol. The van der Waals surface area contributed by atoms with E-state index in [1.165, 1.54) is 0 Å². The lowest BCUT2D eigenvalue weighted by molar-refractivity contribution is -0.135. The van der Waals surface area contributed by atoms with Crippen LogP contribution in [-0.4, -0.2) is 29.4 Å². The van der Waals surface area contributed by atoms with Crippen LogP contribution in [0.4, 0.5) is 5.69 Å². The van der Waals surface area contributed by atoms with Gasteiger partial charge in [-0.1, -0.05) is 6.07 Å². The van der Waals surface area contributed by atoms with Gasteiger partial charge < -0.3 is 10.0 Å². The number of anilines is 1. The molecule has 3 nitrogen and oxygen atoms in total. The molecule has 2 rings (SSSR count). The number of hydrogen-bond acceptors (Lipinski definition) is 3. The second-order valence-corrected chi connectivity index (χ2v) is 5.68. The van der Waals surface area contributed by atoms with Gasteiger partial charge in [-0.05, 0) is 35.0 Å². The van der Waals surface area contributed by atoms with Crippen molar-refractivity contribution in [2.75, 3.05) is 17.2 Å². The van der Waals surface area contributed by atoms with E-state index in [4.69, 9.17) is 5.11 Å². The van der Waals surface area contributed by atoms with Crippen LogP contribution in [0.2, 0.25) is 0 Å². The van der Waals surface area contributed by atoms with Crippen LogP contribution in [-0.2, 0) is 4.79 Å². The molecule has 1 unspecified atom stereocenters. The molecule has 1 N–H and O–H groups in total. The van der Waals surface area contributed by atoms with Crippen molar-refractivity contribution >= 4 is 39.3 Å². The lowest BCUT2D eigenvalue weighted by atomic mass is 10.2. The molecule has 86 valence electrons. The molecule has 0 aromatic heterocycles. The molecule has 0 saturated heterocycles. The second kappa shape index (κ2) is 4.67. The number of halogens is 1. The van der Waals surface area contributed by atoms with E-state index in [0.29, 0.717) is 0 Å². The van der Waals surface area contributed by atoms with Crippen molar-refractivity contribution in [3.8, 4) is 0 Å². The molecule has 1 heterocycles. The van der Waals surface area contributed by atoms with E-state index in [1.807, 2.05) is 23.1 Å². The molecule has 1 aliphatic rings. The van der Waals surface area contributed by atoms with Crippen molar-refractivity contribution in [3.05, 3.63) is 22.7 Å². The number of hydrogen-bond donors (Lipinski definition) is 1. The van der Waals surface area contributed by atoms with Gasteiger partial charge in [0.05, 0.1) is 5.69 Å². The zero-order valence-electron chi connectivity index (χ0n) is 8.81. The highest BCUT2D eigenvalue weighted by molar-refractivity contribution is 9.10. The highest BCUT2D eigenvalue weighted by Gasteiger charge is 2.26. The van der Waals surface area contributed by atoms with E-state index < -0.39 is 5.97 Å². The molecule has 0 saturated carbocycles. The van der Waals surface area contributed by atoms with Crippen molar-refractivity contribution in [1.29, 1.82) is 0 Å². The van der Waals surface area contributed by atoms with Crippen LogP contribution in [0.15, 0.2) is 27.6 Å². The number of carboxylic acids is 1. The number of carboxylic acid groups (broad SMARTS) is 1. The van der Waals surface area contributed by atoms with E-state index in [-0.39, 0.29) is 12.6 Å². The fraction of sp³-hybridized carbons (Fsp3) is 0.364. The largest absolute Gasteiger partial charge is 0.480 e. The van der Waals surface area contributed by atoms with Gasteiger partial charge in [-0.15, -0.1) is 11.8 Å². The van der Waals surface area contributed by atoms with Gasteiger partial charge in [0.25, 0.3) is 0 Å². The summed E-state index contributed by atoms with van der Waals surface area (Å²) in [6, 6.07) is 6.20. The summed E-state index contributed by atoms with van der Waals surface area (Å²) in [6.45, 7) is 2.11. The highest BCUT2D eigenvalue weighted by atomic mass is 79.9. The zero-order chi connectivity index (χ0) is 11.7. The molecule has 16 heavy (non-hydrogen) atoms. The van der Waals surface area contributed by atoms with Crippen molar-refractivity contribution in [2.24, 2.45) is 0 Å². The van der Waals surface area contributed by atoms with E-state index in [0.717, 1.165) is 20.8 Å². The first-order chi connectivity index (χ1) is 7.59. The Morgan fingerprint density at radius 2 is 2.44 bits per heavy atom. The third kappa shape index (κ3) is 2.20. The minimum atomic E-state index is -0.791. The van der Waals surface area contributed by atoms with E-state index in [2.05, 4.69) is 22.9 Å². The van der Waals surface area contributed by atoms with Crippen LogP contribution < -0.4 is 4.90 Å². The quantitative estimate of drug-likeness (QED) is 0.912. The van der Waals surface area contributed by atoms with Crippen molar-refractivity contribution in [1.82, 2.24) is 0 Å². The van der Waals surface area contributed by atoms with Gasteiger partial charge >= 0.3 is 5.97 Å².